The van der Waals surface area contributed by atoms with Crippen LogP contribution in [0.15, 0.2) is 11.2 Å². The molecule has 0 N–H and O–H groups in total. The van der Waals surface area contributed by atoms with E-state index in [1.807, 2.05) is 10.1 Å². The van der Waals surface area contributed by atoms with E-state index in [0.717, 1.165) is 0 Å². The molecule has 40 valence electrons. The first kappa shape index (κ1) is 6.13. The molecule has 1 aliphatic heterocycles. The number of hydrogen-bond donors (Lipinski definition) is 0. The van der Waals surface area contributed by atoms with Crippen molar-refractivity contribution in [1.82, 2.24) is 3.06 Å². The molecule has 0 aromatic heterocycles. The summed E-state index contributed by atoms with van der Waals surface area (Å²) in [7, 11) is 0. The van der Waals surface area contributed by atoms with Gasteiger partial charge in [0, 0.05) is 0 Å². The zero-order valence-corrected chi connectivity index (χ0v) is 7.18. The summed E-state index contributed by atoms with van der Waals surface area (Å²) in [6.07, 6.45) is 3.76. The Bertz CT molecular complexity index is 191. The Morgan fingerprint density at radius 2 is 2.62 bits per heavy atom. The van der Waals surface area contributed by atoms with E-state index in [1.165, 1.54) is 0 Å². The van der Waals surface area contributed by atoms with Gasteiger partial charge in [0.25, 0.3) is 0 Å². The molecule has 8 heavy (non-hydrogen) atoms. The van der Waals surface area contributed by atoms with Gasteiger partial charge in [0.1, 0.15) is 0 Å². The van der Waals surface area contributed by atoms with E-state index in [-0.39, 0.29) is 0 Å². The van der Waals surface area contributed by atoms with Gasteiger partial charge < -0.3 is 0 Å². The van der Waals surface area contributed by atoms with Crippen molar-refractivity contribution in [3.8, 4) is 6.19 Å². The van der Waals surface area contributed by atoms with Crippen LogP contribution in [0.1, 0.15) is 0 Å². The molecule has 0 bridgehead atoms. The fraction of sp³-hybridized carbons (Fsp3) is 0. The van der Waals surface area contributed by atoms with E-state index < -0.39 is 21.4 Å². The number of nitriles is 1. The summed E-state index contributed by atoms with van der Waals surface area (Å²) in [6.45, 7) is 0. The average molecular weight is 235 g/mol. The van der Waals surface area contributed by atoms with Gasteiger partial charge in [0.2, 0.25) is 0 Å². The second kappa shape index (κ2) is 2.53. The molecule has 1 rings (SSSR count). The normalized spacial score (nSPS) is 16.0. The third-order valence-electron chi connectivity index (χ3n) is 0.691. The van der Waals surface area contributed by atoms with Crippen LogP contribution in [0.4, 0.5) is 0 Å². The molecule has 0 spiro atoms. The third-order valence-corrected chi connectivity index (χ3v) is 3.67. The Hall–Kier alpha value is 0.00818. The molecular weight excluding hydrogens is 233 g/mol. The van der Waals surface area contributed by atoms with Gasteiger partial charge in [-0.2, -0.15) is 0 Å². The summed E-state index contributed by atoms with van der Waals surface area (Å²) in [5.74, 6) is 0. The number of halogens is 1. The first-order chi connectivity index (χ1) is 3.84. The molecule has 0 unspecified atom stereocenters. The maximum atomic E-state index is 8.30. The van der Waals surface area contributed by atoms with E-state index in [0.29, 0.717) is 5.16 Å². The van der Waals surface area contributed by atoms with Gasteiger partial charge in [0.05, 0.1) is 0 Å². The van der Waals surface area contributed by atoms with Crippen LogP contribution < -0.4 is 0 Å². The van der Waals surface area contributed by atoms with Gasteiger partial charge in [-0.25, -0.2) is 0 Å². The molecular formula is C4H2ClN2Sb. The van der Waals surface area contributed by atoms with Crippen molar-refractivity contribution in [2.24, 2.45) is 0 Å². The Morgan fingerprint density at radius 1 is 1.88 bits per heavy atom. The molecule has 1 aliphatic rings. The molecule has 1 heterocycles. The van der Waals surface area contributed by atoms with Gasteiger partial charge in [-0.15, -0.1) is 0 Å². The summed E-state index contributed by atoms with van der Waals surface area (Å²) in [5.41, 5.74) is 0. The topological polar surface area (TPSA) is 27.0 Å². The van der Waals surface area contributed by atoms with Crippen LogP contribution in [-0.2, 0) is 0 Å². The van der Waals surface area contributed by atoms with Crippen molar-refractivity contribution in [3.63, 3.8) is 0 Å². The standard InChI is InChI=1S/C4H2ClN2.Sb/c1-2-4(5)7-3-6;/h1-2H;/q-1;+1. The van der Waals surface area contributed by atoms with Crippen molar-refractivity contribution in [1.29, 1.82) is 5.26 Å². The minimum absolute atomic E-state index is 0.555. The summed E-state index contributed by atoms with van der Waals surface area (Å²) in [4.78, 5) is 0. The van der Waals surface area contributed by atoms with Crippen LogP contribution in [0.2, 0.25) is 0 Å². The van der Waals surface area contributed by atoms with Crippen LogP contribution in [0.25, 0.3) is 0 Å². The molecule has 0 saturated carbocycles. The van der Waals surface area contributed by atoms with E-state index >= 15 is 0 Å². The van der Waals surface area contributed by atoms with Gasteiger partial charge in [-0.3, -0.25) is 0 Å². The summed E-state index contributed by atoms with van der Waals surface area (Å²) >= 11 is 4.99. The maximum absolute atomic E-state index is 8.30. The molecule has 0 radical (unpaired) electrons. The predicted octanol–water partition coefficient (Wildman–Crippen LogP) is 0.285. The Kier molecular flexibility index (Phi) is 1.94. The number of hydrogen-bond acceptors (Lipinski definition) is 2. The Morgan fingerprint density at radius 3 is 2.88 bits per heavy atom. The summed E-state index contributed by atoms with van der Waals surface area (Å²) in [5, 5.41) is 8.88. The van der Waals surface area contributed by atoms with Gasteiger partial charge >= 0.3 is 62.7 Å². The van der Waals surface area contributed by atoms with Crippen molar-refractivity contribution >= 4 is 37.0 Å². The number of rotatable bonds is 0. The minimum atomic E-state index is -0.555. The van der Waals surface area contributed by atoms with E-state index in [1.54, 1.807) is 9.14 Å². The van der Waals surface area contributed by atoms with Crippen molar-refractivity contribution in [2.45, 2.75) is 0 Å². The van der Waals surface area contributed by atoms with Crippen molar-refractivity contribution in [3.05, 3.63) is 11.2 Å². The quantitative estimate of drug-likeness (QED) is 0.343. The zero-order valence-electron chi connectivity index (χ0n) is 3.87. The molecule has 0 atom stereocenters. The van der Waals surface area contributed by atoms with Gasteiger partial charge in [-0.1, -0.05) is 0 Å². The van der Waals surface area contributed by atoms with Crippen molar-refractivity contribution < 1.29 is 0 Å². The Labute approximate surface area is 62.7 Å². The monoisotopic (exact) mass is 234 g/mol. The fourth-order valence-electron chi connectivity index (χ4n) is 0.361. The van der Waals surface area contributed by atoms with Crippen LogP contribution in [-0.4, -0.2) is 28.4 Å². The van der Waals surface area contributed by atoms with Crippen LogP contribution in [0.5, 0.6) is 0 Å². The number of nitrogens with zero attached hydrogens (tertiary/aromatic N) is 2. The van der Waals surface area contributed by atoms with Gasteiger partial charge in [-0.05, 0) is 0 Å². The second-order valence-electron chi connectivity index (χ2n) is 1.17. The van der Waals surface area contributed by atoms with E-state index in [9.17, 15) is 0 Å². The summed E-state index contributed by atoms with van der Waals surface area (Å²) in [6, 6.07) is 0. The molecule has 0 aliphatic carbocycles. The molecule has 0 saturated heterocycles. The van der Waals surface area contributed by atoms with Crippen LogP contribution >= 0.6 is 11.6 Å². The molecule has 2 nitrogen and oxygen atoms in total. The van der Waals surface area contributed by atoms with Crippen molar-refractivity contribution in [2.75, 3.05) is 0 Å². The molecule has 0 amide bonds. The first-order valence-electron chi connectivity index (χ1n) is 1.94. The fourth-order valence-corrected chi connectivity index (χ4v) is 2.64. The first-order valence-corrected chi connectivity index (χ1v) is 4.93. The van der Waals surface area contributed by atoms with E-state index in [4.69, 9.17) is 16.9 Å². The summed E-state index contributed by atoms with van der Waals surface area (Å²) < 4.78 is 3.54. The predicted molar refractivity (Wildman–Crippen MR) is 33.2 cm³/mol. The molecule has 0 aromatic rings. The molecule has 4 heteroatoms. The average Bonchev–Trinajstić information content (AvgIpc) is 2.14. The molecule has 0 fully saturated rings. The third kappa shape index (κ3) is 1.05. The van der Waals surface area contributed by atoms with Crippen LogP contribution in [0, 0.1) is 11.5 Å². The van der Waals surface area contributed by atoms with Crippen LogP contribution in [0.3, 0.4) is 0 Å². The zero-order chi connectivity index (χ0) is 5.98. The van der Waals surface area contributed by atoms with E-state index in [2.05, 4.69) is 0 Å². The SMILES string of the molecule is N#C[N]1[Sb]=[CH]C=C1Cl. The van der Waals surface area contributed by atoms with Gasteiger partial charge in [0.15, 0.2) is 0 Å². The Balaban J connectivity index is 2.76. The number of allylic oxidation sites excluding steroid dienone is 1. The second-order valence-corrected chi connectivity index (χ2v) is 4.20. The molecule has 0 aromatic carbocycles.